The third kappa shape index (κ3) is 1.55. The highest BCUT2D eigenvalue weighted by Gasteiger charge is 2.49. The zero-order valence-corrected chi connectivity index (χ0v) is 11.7. The summed E-state index contributed by atoms with van der Waals surface area (Å²) in [5, 5.41) is 11.2. The van der Waals surface area contributed by atoms with Crippen LogP contribution >= 0.6 is 0 Å². The normalized spacial score (nSPS) is 22.7. The van der Waals surface area contributed by atoms with Crippen molar-refractivity contribution in [1.29, 1.82) is 0 Å². The Morgan fingerprint density at radius 3 is 2.18 bits per heavy atom. The smallest absolute Gasteiger partial charge is 0.264 e. The lowest BCUT2D eigenvalue weighted by molar-refractivity contribution is -0.0728. The van der Waals surface area contributed by atoms with Gasteiger partial charge >= 0.3 is 0 Å². The van der Waals surface area contributed by atoms with Crippen molar-refractivity contribution >= 4 is 17.9 Å². The van der Waals surface area contributed by atoms with E-state index in [-0.39, 0.29) is 6.42 Å². The third-order valence-electron chi connectivity index (χ3n) is 4.26. The molecular formula is C18H13NO3. The van der Waals surface area contributed by atoms with E-state index in [4.69, 9.17) is 0 Å². The highest BCUT2D eigenvalue weighted by Crippen LogP contribution is 2.40. The predicted molar refractivity (Wildman–Crippen MR) is 80.9 cm³/mol. The topological polar surface area (TPSA) is 57.6 Å². The third-order valence-corrected chi connectivity index (χ3v) is 4.26. The Morgan fingerprint density at radius 1 is 0.909 bits per heavy atom. The Bertz CT molecular complexity index is 805. The second-order valence-corrected chi connectivity index (χ2v) is 5.50. The predicted octanol–water partition coefficient (Wildman–Crippen LogP) is 2.54. The lowest BCUT2D eigenvalue weighted by Crippen LogP contribution is -2.50. The molecule has 108 valence electrons. The van der Waals surface area contributed by atoms with E-state index in [1.807, 2.05) is 18.2 Å². The molecule has 4 heteroatoms. The fraction of sp³-hybridized carbons (Fsp3) is 0.111. The minimum absolute atomic E-state index is 0.190. The molecule has 22 heavy (non-hydrogen) atoms. The van der Waals surface area contributed by atoms with Gasteiger partial charge in [-0.05, 0) is 17.7 Å². The minimum Gasteiger partial charge on any atom is -0.366 e. The first-order chi connectivity index (χ1) is 10.6. The second-order valence-electron chi connectivity index (χ2n) is 5.50. The molecule has 2 aromatic carbocycles. The minimum atomic E-state index is -1.64. The maximum absolute atomic E-state index is 12.6. The van der Waals surface area contributed by atoms with E-state index in [1.54, 1.807) is 42.5 Å². The summed E-state index contributed by atoms with van der Waals surface area (Å²) in [6.07, 6.45) is 3.86. The standard InChI is InChI=1S/C18H13NO3/c20-16-13-8-2-3-9-14(13)17(21)19(16)18(22)11-5-7-12-6-1-4-10-15(12)18/h1-10,22H,11H2. The highest BCUT2D eigenvalue weighted by molar-refractivity contribution is 6.21. The van der Waals surface area contributed by atoms with Gasteiger partial charge in [-0.25, -0.2) is 4.90 Å². The summed E-state index contributed by atoms with van der Waals surface area (Å²) in [7, 11) is 0. The van der Waals surface area contributed by atoms with E-state index in [0.29, 0.717) is 16.7 Å². The van der Waals surface area contributed by atoms with Crippen LogP contribution in [0.4, 0.5) is 0 Å². The average Bonchev–Trinajstić information content (AvgIpc) is 2.80. The molecule has 0 bridgehead atoms. The molecule has 0 spiro atoms. The van der Waals surface area contributed by atoms with Crippen LogP contribution in [-0.2, 0) is 5.72 Å². The molecule has 1 unspecified atom stereocenters. The number of amides is 2. The van der Waals surface area contributed by atoms with Crippen molar-refractivity contribution in [3.8, 4) is 0 Å². The number of carbonyl (C=O) groups excluding carboxylic acids is 2. The molecule has 2 aromatic rings. The van der Waals surface area contributed by atoms with Gasteiger partial charge in [-0.1, -0.05) is 48.6 Å². The number of hydrogen-bond acceptors (Lipinski definition) is 3. The van der Waals surface area contributed by atoms with Gasteiger partial charge < -0.3 is 5.11 Å². The summed E-state index contributed by atoms with van der Waals surface area (Å²) in [6.45, 7) is 0. The van der Waals surface area contributed by atoms with Crippen molar-refractivity contribution in [2.45, 2.75) is 12.1 Å². The van der Waals surface area contributed by atoms with Crippen molar-refractivity contribution in [2.24, 2.45) is 0 Å². The van der Waals surface area contributed by atoms with Crippen LogP contribution in [0.3, 0.4) is 0 Å². The summed E-state index contributed by atoms with van der Waals surface area (Å²) in [4.78, 5) is 26.3. The number of nitrogens with zero attached hydrogens (tertiary/aromatic N) is 1. The van der Waals surface area contributed by atoms with Crippen LogP contribution in [0, 0.1) is 0 Å². The molecule has 0 aromatic heterocycles. The van der Waals surface area contributed by atoms with Crippen LogP contribution < -0.4 is 0 Å². The van der Waals surface area contributed by atoms with E-state index in [2.05, 4.69) is 0 Å². The monoisotopic (exact) mass is 291 g/mol. The molecular weight excluding hydrogens is 278 g/mol. The van der Waals surface area contributed by atoms with Gasteiger partial charge in [0, 0.05) is 12.0 Å². The van der Waals surface area contributed by atoms with Crippen molar-refractivity contribution in [3.63, 3.8) is 0 Å². The Hall–Kier alpha value is -2.72. The van der Waals surface area contributed by atoms with Crippen LogP contribution in [0.15, 0.2) is 54.6 Å². The molecule has 0 saturated carbocycles. The summed E-state index contributed by atoms with van der Waals surface area (Å²) in [5.74, 6) is -0.901. The van der Waals surface area contributed by atoms with Gasteiger partial charge in [0.05, 0.1) is 11.1 Å². The number of carbonyl (C=O) groups is 2. The van der Waals surface area contributed by atoms with E-state index < -0.39 is 17.5 Å². The molecule has 2 aliphatic rings. The number of aliphatic hydroxyl groups is 1. The molecule has 1 atom stereocenters. The molecule has 0 radical (unpaired) electrons. The summed E-state index contributed by atoms with van der Waals surface area (Å²) in [6, 6.07) is 13.9. The van der Waals surface area contributed by atoms with Crippen molar-refractivity contribution in [2.75, 3.05) is 0 Å². The van der Waals surface area contributed by atoms with Gasteiger partial charge in [0.2, 0.25) is 0 Å². The van der Waals surface area contributed by atoms with Crippen LogP contribution in [0.2, 0.25) is 0 Å². The Morgan fingerprint density at radius 2 is 1.50 bits per heavy atom. The number of rotatable bonds is 1. The van der Waals surface area contributed by atoms with Gasteiger partial charge in [0.25, 0.3) is 11.8 Å². The fourth-order valence-electron chi connectivity index (χ4n) is 3.20. The Kier molecular flexibility index (Phi) is 2.59. The largest absolute Gasteiger partial charge is 0.366 e. The lowest BCUT2D eigenvalue weighted by Gasteiger charge is -2.38. The van der Waals surface area contributed by atoms with E-state index in [9.17, 15) is 14.7 Å². The summed E-state index contributed by atoms with van der Waals surface area (Å²) in [5.41, 5.74) is 0.430. The highest BCUT2D eigenvalue weighted by atomic mass is 16.3. The fourth-order valence-corrected chi connectivity index (χ4v) is 3.20. The van der Waals surface area contributed by atoms with Crippen LogP contribution in [0.25, 0.3) is 6.08 Å². The van der Waals surface area contributed by atoms with Gasteiger partial charge in [-0.2, -0.15) is 0 Å². The number of benzene rings is 2. The molecule has 4 nitrogen and oxygen atoms in total. The van der Waals surface area contributed by atoms with Crippen LogP contribution in [-0.4, -0.2) is 21.8 Å². The summed E-state index contributed by atoms with van der Waals surface area (Å²) < 4.78 is 0. The molecule has 1 aliphatic heterocycles. The number of imide groups is 1. The zero-order valence-electron chi connectivity index (χ0n) is 11.7. The second kappa shape index (κ2) is 4.39. The first-order valence-electron chi connectivity index (χ1n) is 7.09. The lowest BCUT2D eigenvalue weighted by atomic mass is 9.88. The summed E-state index contributed by atoms with van der Waals surface area (Å²) >= 11 is 0. The molecule has 2 amide bonds. The van der Waals surface area contributed by atoms with Crippen molar-refractivity contribution in [1.82, 2.24) is 4.90 Å². The van der Waals surface area contributed by atoms with Gasteiger partial charge in [0.1, 0.15) is 0 Å². The van der Waals surface area contributed by atoms with E-state index in [0.717, 1.165) is 10.5 Å². The van der Waals surface area contributed by atoms with E-state index in [1.165, 1.54) is 0 Å². The molecule has 1 heterocycles. The SMILES string of the molecule is O=C1c2ccccc2C(=O)N1C1(O)CC=Cc2ccccc21. The van der Waals surface area contributed by atoms with E-state index >= 15 is 0 Å². The quantitative estimate of drug-likeness (QED) is 0.821. The molecule has 1 aliphatic carbocycles. The Balaban J connectivity index is 1.89. The van der Waals surface area contributed by atoms with Crippen LogP contribution in [0.5, 0.6) is 0 Å². The molecule has 4 rings (SSSR count). The first kappa shape index (κ1) is 13.0. The van der Waals surface area contributed by atoms with Crippen molar-refractivity contribution < 1.29 is 14.7 Å². The molecule has 1 N–H and O–H groups in total. The number of fused-ring (bicyclic) bond motifs is 2. The maximum Gasteiger partial charge on any atom is 0.264 e. The number of hydrogen-bond donors (Lipinski definition) is 1. The van der Waals surface area contributed by atoms with Gasteiger partial charge in [-0.3, -0.25) is 9.59 Å². The molecule has 0 fully saturated rings. The first-order valence-corrected chi connectivity index (χ1v) is 7.09. The average molecular weight is 291 g/mol. The van der Waals surface area contributed by atoms with Crippen molar-refractivity contribution in [3.05, 3.63) is 76.9 Å². The van der Waals surface area contributed by atoms with Gasteiger partial charge in [0.15, 0.2) is 5.72 Å². The maximum atomic E-state index is 12.6. The molecule has 0 saturated heterocycles. The Labute approximate surface area is 127 Å². The zero-order chi connectivity index (χ0) is 15.3. The van der Waals surface area contributed by atoms with Gasteiger partial charge in [-0.15, -0.1) is 0 Å². The van der Waals surface area contributed by atoms with Crippen LogP contribution in [0.1, 0.15) is 38.3 Å².